The Morgan fingerprint density at radius 2 is 1.32 bits per heavy atom. The van der Waals surface area contributed by atoms with Crippen LogP contribution in [0.2, 0.25) is 16.6 Å². The second-order valence-corrected chi connectivity index (χ2v) is 19.8. The lowest BCUT2D eigenvalue weighted by molar-refractivity contribution is 0.178. The molecule has 0 N–H and O–H groups in total. The fourth-order valence-corrected chi connectivity index (χ4v) is 10.4. The second kappa shape index (κ2) is 9.33. The fraction of sp³-hybridized carbons (Fsp3) is 0.867. The van der Waals surface area contributed by atoms with E-state index in [2.05, 4.69) is 48.5 Å². The number of halogens is 3. The third-order valence-electron chi connectivity index (χ3n) is 4.17. The molecule has 22 heavy (non-hydrogen) atoms. The highest BCUT2D eigenvalue weighted by Gasteiger charge is 2.46. The zero-order valence-electron chi connectivity index (χ0n) is 15.0. The van der Waals surface area contributed by atoms with Crippen molar-refractivity contribution in [3.8, 4) is 0 Å². The maximum absolute atomic E-state index is 6.67. The monoisotopic (exact) mass is 404 g/mol. The minimum absolute atomic E-state index is 0.0476. The van der Waals surface area contributed by atoms with Gasteiger partial charge in [0.05, 0.1) is 5.76 Å². The van der Waals surface area contributed by atoms with E-state index in [0.29, 0.717) is 28.8 Å². The first-order chi connectivity index (χ1) is 9.86. The van der Waals surface area contributed by atoms with Crippen molar-refractivity contribution in [1.29, 1.82) is 0 Å². The van der Waals surface area contributed by atoms with Crippen molar-refractivity contribution in [2.24, 2.45) is 0 Å². The average Bonchev–Trinajstić information content (AvgIpc) is 2.31. The van der Waals surface area contributed by atoms with E-state index >= 15 is 0 Å². The number of rotatable bonds is 9. The standard InChI is InChI=1S/C15H31Cl3O2Si2/c1-9-15(20-22(16,17)18)10-14(8)19-21(11(2)3,12(4)5)13(6)7/h9,11-14H,10H2,1-8H3/b15-9-/t14-/m0/s1. The van der Waals surface area contributed by atoms with Gasteiger partial charge >= 0.3 is 6.25 Å². The van der Waals surface area contributed by atoms with Crippen LogP contribution in [0.1, 0.15) is 61.8 Å². The third kappa shape index (κ3) is 6.74. The molecular weight excluding hydrogens is 375 g/mol. The summed E-state index contributed by atoms with van der Waals surface area (Å²) in [6, 6.07) is 0. The summed E-state index contributed by atoms with van der Waals surface area (Å²) in [6.45, 7) is 17.6. The zero-order chi connectivity index (χ0) is 17.7. The Kier molecular flexibility index (Phi) is 9.67. The van der Waals surface area contributed by atoms with E-state index in [4.69, 9.17) is 42.1 Å². The highest BCUT2D eigenvalue weighted by Crippen LogP contribution is 2.43. The van der Waals surface area contributed by atoms with E-state index in [-0.39, 0.29) is 6.10 Å². The lowest BCUT2D eigenvalue weighted by Gasteiger charge is -2.44. The lowest BCUT2D eigenvalue weighted by atomic mass is 10.2. The van der Waals surface area contributed by atoms with Crippen LogP contribution in [0, 0.1) is 0 Å². The van der Waals surface area contributed by atoms with Gasteiger partial charge in [-0.1, -0.05) is 80.9 Å². The van der Waals surface area contributed by atoms with Crippen LogP contribution in [0.5, 0.6) is 0 Å². The summed E-state index contributed by atoms with van der Waals surface area (Å²) in [6.07, 6.45) is -0.584. The van der Waals surface area contributed by atoms with E-state index in [1.54, 1.807) is 0 Å². The van der Waals surface area contributed by atoms with Gasteiger partial charge in [-0.2, -0.15) is 0 Å². The molecule has 0 amide bonds. The molecule has 1 atom stereocenters. The van der Waals surface area contributed by atoms with Gasteiger partial charge < -0.3 is 8.85 Å². The van der Waals surface area contributed by atoms with Crippen molar-refractivity contribution in [2.45, 2.75) is 84.5 Å². The molecule has 0 saturated heterocycles. The topological polar surface area (TPSA) is 18.5 Å². The molecule has 0 unspecified atom stereocenters. The van der Waals surface area contributed by atoms with Gasteiger partial charge in [0.15, 0.2) is 0 Å². The normalized spacial score (nSPS) is 15.8. The van der Waals surface area contributed by atoms with Gasteiger partial charge in [0.25, 0.3) is 0 Å². The van der Waals surface area contributed by atoms with Crippen molar-refractivity contribution in [3.63, 3.8) is 0 Å². The van der Waals surface area contributed by atoms with Crippen molar-refractivity contribution in [2.75, 3.05) is 0 Å². The molecule has 132 valence electrons. The molecule has 2 nitrogen and oxygen atoms in total. The molecule has 0 spiro atoms. The molecule has 0 aliphatic heterocycles. The number of hydrogen-bond donors (Lipinski definition) is 0. The Labute approximate surface area is 152 Å². The van der Waals surface area contributed by atoms with Crippen molar-refractivity contribution in [1.82, 2.24) is 0 Å². The summed E-state index contributed by atoms with van der Waals surface area (Å²) in [5.41, 5.74) is 1.65. The fourth-order valence-electron chi connectivity index (χ4n) is 3.45. The Morgan fingerprint density at radius 3 is 1.59 bits per heavy atom. The molecule has 0 aromatic carbocycles. The molecule has 0 aliphatic rings. The van der Waals surface area contributed by atoms with Gasteiger partial charge in [-0.15, -0.1) is 0 Å². The quantitative estimate of drug-likeness (QED) is 0.233. The van der Waals surface area contributed by atoms with Gasteiger partial charge in [0, 0.05) is 12.5 Å². The van der Waals surface area contributed by atoms with Crippen molar-refractivity contribution in [3.05, 3.63) is 11.8 Å². The largest absolute Gasteiger partial charge is 0.555 e. The van der Waals surface area contributed by atoms with Crippen LogP contribution < -0.4 is 0 Å². The summed E-state index contributed by atoms with van der Waals surface area (Å²) in [7, 11) is -1.90. The minimum atomic E-state index is -3.13. The summed E-state index contributed by atoms with van der Waals surface area (Å²) in [5.74, 6) is 0.707. The van der Waals surface area contributed by atoms with Crippen LogP contribution in [0.15, 0.2) is 11.8 Å². The smallest absolute Gasteiger partial charge is 0.512 e. The summed E-state index contributed by atoms with van der Waals surface area (Å²) >= 11 is 17.5. The van der Waals surface area contributed by atoms with E-state index < -0.39 is 14.6 Å². The van der Waals surface area contributed by atoms with E-state index in [1.807, 2.05) is 13.0 Å². The highest BCUT2D eigenvalue weighted by molar-refractivity contribution is 7.62. The maximum Gasteiger partial charge on any atom is 0.555 e. The lowest BCUT2D eigenvalue weighted by Crippen LogP contribution is -2.49. The van der Waals surface area contributed by atoms with E-state index in [0.717, 1.165) is 0 Å². The van der Waals surface area contributed by atoms with Gasteiger partial charge in [-0.3, -0.25) is 0 Å². The first kappa shape index (κ1) is 22.8. The average molecular weight is 406 g/mol. The van der Waals surface area contributed by atoms with Crippen molar-refractivity contribution < 1.29 is 8.85 Å². The van der Waals surface area contributed by atoms with Crippen LogP contribution in [0.3, 0.4) is 0 Å². The molecule has 0 aromatic rings. The molecule has 0 radical (unpaired) electrons. The third-order valence-corrected chi connectivity index (χ3v) is 11.6. The van der Waals surface area contributed by atoms with Crippen molar-refractivity contribution >= 4 is 47.8 Å². The van der Waals surface area contributed by atoms with Gasteiger partial charge in [-0.05, 0) is 30.5 Å². The van der Waals surface area contributed by atoms with Crippen LogP contribution in [0.4, 0.5) is 0 Å². The van der Waals surface area contributed by atoms with Gasteiger partial charge in [0.1, 0.15) is 0 Å². The summed E-state index contributed by atoms with van der Waals surface area (Å²) < 4.78 is 12.2. The SMILES string of the molecule is C/C=C(/C[C@H](C)O[Si](C(C)C)(C(C)C)C(C)C)O[Si](Cl)(Cl)Cl. The maximum atomic E-state index is 6.67. The van der Waals surface area contributed by atoms with E-state index in [9.17, 15) is 0 Å². The second-order valence-electron chi connectivity index (χ2n) is 6.75. The molecule has 0 saturated carbocycles. The molecule has 0 aromatic heterocycles. The predicted octanol–water partition coefficient (Wildman–Crippen LogP) is 7.03. The number of allylic oxidation sites excluding steroid dienone is 1. The molecule has 0 fully saturated rings. The Bertz CT molecular complexity index is 345. The molecular formula is C15H31Cl3O2Si2. The van der Waals surface area contributed by atoms with Crippen LogP contribution in [-0.2, 0) is 8.85 Å². The first-order valence-corrected chi connectivity index (χ1v) is 15.0. The summed E-state index contributed by atoms with van der Waals surface area (Å²) in [4.78, 5) is 0. The molecule has 0 rings (SSSR count). The van der Waals surface area contributed by atoms with Gasteiger partial charge in [0.2, 0.25) is 8.32 Å². The van der Waals surface area contributed by atoms with E-state index in [1.165, 1.54) is 0 Å². The van der Waals surface area contributed by atoms with Crippen LogP contribution in [-0.4, -0.2) is 20.7 Å². The van der Waals surface area contributed by atoms with Crippen LogP contribution in [0.25, 0.3) is 0 Å². The number of hydrogen-bond acceptors (Lipinski definition) is 2. The summed E-state index contributed by atoms with van der Waals surface area (Å²) in [5, 5.41) is 0. The molecule has 0 heterocycles. The highest BCUT2D eigenvalue weighted by atomic mass is 35.8. The molecule has 0 bridgehead atoms. The zero-order valence-corrected chi connectivity index (χ0v) is 19.3. The molecule has 7 heteroatoms. The van der Waals surface area contributed by atoms with Crippen LogP contribution >= 0.6 is 33.2 Å². The Hall–Kier alpha value is 0.804. The van der Waals surface area contributed by atoms with Gasteiger partial charge in [-0.25, -0.2) is 0 Å². The predicted molar refractivity (Wildman–Crippen MR) is 104 cm³/mol. The minimum Gasteiger partial charge on any atom is -0.512 e. The Morgan fingerprint density at radius 1 is 0.909 bits per heavy atom. The Balaban J connectivity index is 5.09. The molecule has 0 aliphatic carbocycles. The first-order valence-electron chi connectivity index (χ1n) is 7.95.